The Labute approximate surface area is 117 Å². The molecule has 3 nitrogen and oxygen atoms in total. The molecule has 1 aliphatic rings. The van der Waals surface area contributed by atoms with Crippen LogP contribution in [0.5, 0.6) is 0 Å². The van der Waals surface area contributed by atoms with E-state index in [2.05, 4.69) is 36.8 Å². The number of hydrogen-bond acceptors (Lipinski definition) is 3. The zero-order valence-electron chi connectivity index (χ0n) is 12.4. The lowest BCUT2D eigenvalue weighted by molar-refractivity contribution is 0.111. The van der Waals surface area contributed by atoms with Gasteiger partial charge in [0.05, 0.1) is 6.04 Å². The molecule has 3 heteroatoms. The maximum atomic E-state index is 6.23. The number of nitrogens with two attached hydrogens (primary N) is 1. The van der Waals surface area contributed by atoms with E-state index in [0.29, 0.717) is 6.04 Å². The Hall–Kier alpha value is -0.930. The molecule has 2 atom stereocenters. The third-order valence-corrected chi connectivity index (χ3v) is 4.52. The highest BCUT2D eigenvalue weighted by atomic mass is 15.2. The van der Waals surface area contributed by atoms with Crippen LogP contribution in [-0.2, 0) is 0 Å². The van der Waals surface area contributed by atoms with E-state index in [-0.39, 0.29) is 12.1 Å². The Balaban J connectivity index is 2.11. The van der Waals surface area contributed by atoms with Crippen LogP contribution in [0.3, 0.4) is 0 Å². The zero-order valence-corrected chi connectivity index (χ0v) is 12.4. The molecule has 2 unspecified atom stereocenters. The lowest BCUT2D eigenvalue weighted by Gasteiger charge is -2.40. The molecule has 0 bridgehead atoms. The average Bonchev–Trinajstić information content (AvgIpc) is 2.40. The highest BCUT2D eigenvalue weighted by molar-refractivity contribution is 5.16. The fourth-order valence-electron chi connectivity index (χ4n) is 3.34. The zero-order chi connectivity index (χ0) is 13.8. The van der Waals surface area contributed by atoms with Crippen molar-refractivity contribution in [3.63, 3.8) is 0 Å². The summed E-state index contributed by atoms with van der Waals surface area (Å²) in [6.45, 7) is 4.46. The van der Waals surface area contributed by atoms with Crippen LogP contribution in [0.4, 0.5) is 0 Å². The summed E-state index contributed by atoms with van der Waals surface area (Å²) in [6, 6.07) is 5.19. The van der Waals surface area contributed by atoms with Crippen LogP contribution in [0.15, 0.2) is 24.5 Å². The molecule has 1 heterocycles. The Morgan fingerprint density at radius 2 is 2.00 bits per heavy atom. The predicted octanol–water partition coefficient (Wildman–Crippen LogP) is 2.98. The molecule has 2 rings (SSSR count). The van der Waals surface area contributed by atoms with Gasteiger partial charge < -0.3 is 5.73 Å². The first-order chi connectivity index (χ1) is 9.09. The van der Waals surface area contributed by atoms with Crippen LogP contribution >= 0.6 is 0 Å². The minimum atomic E-state index is 0.119. The Morgan fingerprint density at radius 1 is 1.32 bits per heavy atom. The smallest absolute Gasteiger partial charge is 0.0511 e. The molecular formula is C16H27N3. The Bertz CT molecular complexity index is 369. The molecule has 0 saturated heterocycles. The maximum Gasteiger partial charge on any atom is 0.0511 e. The van der Waals surface area contributed by atoms with Gasteiger partial charge in [0.25, 0.3) is 0 Å². The van der Waals surface area contributed by atoms with Crippen LogP contribution in [0.1, 0.15) is 51.1 Å². The van der Waals surface area contributed by atoms with Gasteiger partial charge in [0.1, 0.15) is 0 Å². The van der Waals surface area contributed by atoms with Crippen molar-refractivity contribution in [2.75, 3.05) is 7.05 Å². The van der Waals surface area contributed by atoms with Gasteiger partial charge in [-0.25, -0.2) is 0 Å². The van der Waals surface area contributed by atoms with Crippen molar-refractivity contribution in [3.8, 4) is 0 Å². The summed E-state index contributed by atoms with van der Waals surface area (Å²) in [5.74, 6) is 0.886. The minimum Gasteiger partial charge on any atom is -0.326 e. The molecule has 19 heavy (non-hydrogen) atoms. The van der Waals surface area contributed by atoms with Crippen molar-refractivity contribution in [2.45, 2.75) is 57.7 Å². The molecule has 106 valence electrons. The van der Waals surface area contributed by atoms with Gasteiger partial charge in [0.2, 0.25) is 0 Å². The van der Waals surface area contributed by atoms with Crippen LogP contribution < -0.4 is 5.73 Å². The molecule has 1 aromatic heterocycles. The second kappa shape index (κ2) is 6.49. The van der Waals surface area contributed by atoms with Gasteiger partial charge in [-0.2, -0.15) is 0 Å². The highest BCUT2D eigenvalue weighted by Gasteiger charge is 2.29. The lowest BCUT2D eigenvalue weighted by atomic mass is 9.85. The van der Waals surface area contributed by atoms with E-state index in [0.717, 1.165) is 5.92 Å². The predicted molar refractivity (Wildman–Crippen MR) is 79.8 cm³/mol. The number of hydrogen-bond donors (Lipinski definition) is 1. The van der Waals surface area contributed by atoms with Gasteiger partial charge in [0, 0.05) is 24.5 Å². The maximum absolute atomic E-state index is 6.23. The first-order valence-corrected chi connectivity index (χ1v) is 7.47. The van der Waals surface area contributed by atoms with E-state index in [4.69, 9.17) is 5.73 Å². The van der Waals surface area contributed by atoms with Crippen molar-refractivity contribution < 1.29 is 0 Å². The van der Waals surface area contributed by atoms with E-state index in [9.17, 15) is 0 Å². The summed E-state index contributed by atoms with van der Waals surface area (Å²) in [7, 11) is 2.22. The number of aromatic nitrogens is 1. The third kappa shape index (κ3) is 3.54. The van der Waals surface area contributed by atoms with Gasteiger partial charge in [-0.05, 0) is 57.2 Å². The minimum absolute atomic E-state index is 0.119. The van der Waals surface area contributed by atoms with Crippen molar-refractivity contribution >= 4 is 0 Å². The first-order valence-electron chi connectivity index (χ1n) is 7.47. The molecule has 1 aliphatic carbocycles. The average molecular weight is 261 g/mol. The molecule has 0 aliphatic heterocycles. The quantitative estimate of drug-likeness (QED) is 0.906. The molecule has 2 N–H and O–H groups in total. The topological polar surface area (TPSA) is 42.2 Å². The van der Waals surface area contributed by atoms with E-state index in [1.165, 1.54) is 31.2 Å². The third-order valence-electron chi connectivity index (χ3n) is 4.52. The number of likely N-dealkylation sites (N-methyl/N-ethyl adjacent to an activating group) is 1. The summed E-state index contributed by atoms with van der Waals surface area (Å²) in [6.07, 6.45) is 9.05. The Kier molecular flexibility index (Phi) is 4.94. The van der Waals surface area contributed by atoms with Crippen LogP contribution in [0.2, 0.25) is 0 Å². The monoisotopic (exact) mass is 261 g/mol. The molecule has 0 amide bonds. The number of nitrogens with zero attached hydrogens (tertiary/aromatic N) is 2. The van der Waals surface area contributed by atoms with E-state index >= 15 is 0 Å². The van der Waals surface area contributed by atoms with Crippen molar-refractivity contribution in [2.24, 2.45) is 11.7 Å². The summed E-state index contributed by atoms with van der Waals surface area (Å²) in [4.78, 5) is 6.73. The summed E-state index contributed by atoms with van der Waals surface area (Å²) < 4.78 is 0. The van der Waals surface area contributed by atoms with Crippen molar-refractivity contribution in [1.82, 2.24) is 9.88 Å². The van der Waals surface area contributed by atoms with Crippen molar-refractivity contribution in [3.05, 3.63) is 30.1 Å². The first kappa shape index (κ1) is 14.5. The SMILES string of the molecule is CC1CCC(N(C)C(c2cccnc2)C(C)N)CC1. The lowest BCUT2D eigenvalue weighted by Crippen LogP contribution is -2.44. The summed E-state index contributed by atoms with van der Waals surface area (Å²) >= 11 is 0. The second-order valence-electron chi connectivity index (χ2n) is 6.17. The van der Waals surface area contributed by atoms with Crippen LogP contribution in [-0.4, -0.2) is 29.0 Å². The molecule has 1 saturated carbocycles. The summed E-state index contributed by atoms with van der Waals surface area (Å²) in [5, 5.41) is 0. The summed E-state index contributed by atoms with van der Waals surface area (Å²) in [5.41, 5.74) is 7.47. The standard InChI is InChI=1S/C16H27N3/c1-12-6-8-15(9-7-12)19(3)16(13(2)17)14-5-4-10-18-11-14/h4-5,10-13,15-16H,6-9,17H2,1-3H3. The van der Waals surface area contributed by atoms with E-state index in [1.807, 2.05) is 18.5 Å². The van der Waals surface area contributed by atoms with Gasteiger partial charge >= 0.3 is 0 Å². The highest BCUT2D eigenvalue weighted by Crippen LogP contribution is 2.32. The van der Waals surface area contributed by atoms with E-state index in [1.54, 1.807) is 0 Å². The fourth-order valence-corrected chi connectivity index (χ4v) is 3.34. The normalized spacial score (nSPS) is 27.2. The molecular weight excluding hydrogens is 234 g/mol. The second-order valence-corrected chi connectivity index (χ2v) is 6.17. The van der Waals surface area contributed by atoms with Crippen molar-refractivity contribution in [1.29, 1.82) is 0 Å². The van der Waals surface area contributed by atoms with Crippen LogP contribution in [0, 0.1) is 5.92 Å². The Morgan fingerprint density at radius 3 is 2.53 bits per heavy atom. The largest absolute Gasteiger partial charge is 0.326 e. The fraction of sp³-hybridized carbons (Fsp3) is 0.688. The van der Waals surface area contributed by atoms with Gasteiger partial charge in [0.15, 0.2) is 0 Å². The van der Waals surface area contributed by atoms with Gasteiger partial charge in [-0.3, -0.25) is 9.88 Å². The molecule has 1 aromatic rings. The van der Waals surface area contributed by atoms with E-state index < -0.39 is 0 Å². The number of pyridine rings is 1. The number of rotatable bonds is 4. The molecule has 1 fully saturated rings. The molecule has 0 radical (unpaired) electrons. The van der Waals surface area contributed by atoms with Gasteiger partial charge in [-0.15, -0.1) is 0 Å². The van der Waals surface area contributed by atoms with Crippen LogP contribution in [0.25, 0.3) is 0 Å². The molecule has 0 aromatic carbocycles. The molecule has 0 spiro atoms. The van der Waals surface area contributed by atoms with Gasteiger partial charge in [-0.1, -0.05) is 13.0 Å².